The van der Waals surface area contributed by atoms with E-state index in [2.05, 4.69) is 5.10 Å². The summed E-state index contributed by atoms with van der Waals surface area (Å²) in [6.07, 6.45) is -0.287. The molecule has 0 N–H and O–H groups in total. The van der Waals surface area contributed by atoms with Crippen molar-refractivity contribution < 1.29 is 17.1 Å². The molecule has 1 unspecified atom stereocenters. The van der Waals surface area contributed by atoms with Gasteiger partial charge in [-0.25, -0.2) is 0 Å². The molecule has 6 nitrogen and oxygen atoms in total. The van der Waals surface area contributed by atoms with Crippen LogP contribution in [0.5, 0.6) is 0 Å². The van der Waals surface area contributed by atoms with Crippen molar-refractivity contribution in [2.75, 3.05) is 6.54 Å². The van der Waals surface area contributed by atoms with Crippen molar-refractivity contribution in [1.82, 2.24) is 14.7 Å². The Morgan fingerprint density at radius 1 is 1.56 bits per heavy atom. The third-order valence-corrected chi connectivity index (χ3v) is 4.21. The summed E-state index contributed by atoms with van der Waals surface area (Å²) in [5.74, 6) is -0.357. The minimum absolute atomic E-state index is 0.104. The molecule has 1 fully saturated rings. The number of hydrogen-bond donors (Lipinski definition) is 0. The van der Waals surface area contributed by atoms with Gasteiger partial charge in [0.2, 0.25) is 5.91 Å². The van der Waals surface area contributed by atoms with Crippen molar-refractivity contribution in [2.24, 2.45) is 7.05 Å². The van der Waals surface area contributed by atoms with Crippen molar-refractivity contribution in [3.63, 3.8) is 0 Å². The summed E-state index contributed by atoms with van der Waals surface area (Å²) in [5, 5.41) is 2.93. The molecule has 1 aliphatic rings. The van der Waals surface area contributed by atoms with Gasteiger partial charge in [0.15, 0.2) is 0 Å². The van der Waals surface area contributed by atoms with Gasteiger partial charge in [-0.3, -0.25) is 9.48 Å². The van der Waals surface area contributed by atoms with Crippen LogP contribution in [-0.2, 0) is 28.6 Å². The number of nitrogens with zero attached hydrogens (tertiary/aromatic N) is 3. The maximum absolute atomic E-state index is 12.8. The fourth-order valence-electron chi connectivity index (χ4n) is 1.99. The van der Waals surface area contributed by atoms with Crippen molar-refractivity contribution in [1.29, 1.82) is 0 Å². The predicted molar refractivity (Wildman–Crippen MR) is 61.8 cm³/mol. The fraction of sp³-hybridized carbons (Fsp3) is 0.600. The summed E-state index contributed by atoms with van der Waals surface area (Å²) in [6.45, 7) is 1.98. The molecule has 1 aromatic heterocycles. The summed E-state index contributed by atoms with van der Waals surface area (Å²) in [6, 6.07) is 1.81. The van der Waals surface area contributed by atoms with E-state index in [0.717, 1.165) is 5.69 Å². The zero-order valence-corrected chi connectivity index (χ0v) is 10.9. The van der Waals surface area contributed by atoms with E-state index in [1.165, 1.54) is 4.90 Å². The summed E-state index contributed by atoms with van der Waals surface area (Å²) >= 11 is 0. The summed E-state index contributed by atoms with van der Waals surface area (Å²) in [5.41, 5.74) is 1.60. The van der Waals surface area contributed by atoms with E-state index in [0.29, 0.717) is 5.69 Å². The molecule has 1 amide bonds. The molecule has 0 spiro atoms. The van der Waals surface area contributed by atoms with E-state index in [1.807, 2.05) is 13.0 Å². The highest BCUT2D eigenvalue weighted by Gasteiger charge is 2.38. The molecule has 1 saturated heterocycles. The Balaban J connectivity index is 2.09. The maximum atomic E-state index is 12.8. The number of hydrogen-bond acceptors (Lipinski definition) is 4. The summed E-state index contributed by atoms with van der Waals surface area (Å²) in [7, 11) is -2.87. The van der Waals surface area contributed by atoms with Crippen LogP contribution in [0.25, 0.3) is 0 Å². The highest BCUT2D eigenvalue weighted by atomic mass is 32.3. The van der Waals surface area contributed by atoms with Gasteiger partial charge < -0.3 is 4.90 Å². The van der Waals surface area contributed by atoms with E-state index in [-0.39, 0.29) is 25.4 Å². The Kier molecular flexibility index (Phi) is 3.14. The Morgan fingerprint density at radius 2 is 2.22 bits per heavy atom. The lowest BCUT2D eigenvalue weighted by atomic mass is 10.3. The molecule has 18 heavy (non-hydrogen) atoms. The number of amides is 1. The lowest BCUT2D eigenvalue weighted by Gasteiger charge is -2.13. The van der Waals surface area contributed by atoms with Gasteiger partial charge in [0.05, 0.1) is 12.2 Å². The third-order valence-electron chi connectivity index (χ3n) is 3.09. The molecule has 1 atom stereocenters. The summed E-state index contributed by atoms with van der Waals surface area (Å²) in [4.78, 5) is 12.9. The van der Waals surface area contributed by atoms with E-state index < -0.39 is 15.5 Å². The van der Waals surface area contributed by atoms with Crippen molar-refractivity contribution in [2.45, 2.75) is 25.1 Å². The minimum Gasteiger partial charge on any atom is -0.335 e. The highest BCUT2D eigenvalue weighted by Crippen LogP contribution is 2.21. The zero-order valence-electron chi connectivity index (χ0n) is 10.1. The number of aryl methyl sites for hydroxylation is 2. The number of carbonyl (C=O) groups excluding carboxylic acids is 1. The number of carbonyl (C=O) groups is 1. The molecule has 0 radical (unpaired) electrons. The van der Waals surface area contributed by atoms with Gasteiger partial charge in [-0.15, -0.1) is 3.89 Å². The SMILES string of the molecule is Cc1cc(CN2CC(S(=O)(=O)F)CC2=O)nn1C. The number of halogens is 1. The Hall–Kier alpha value is -1.44. The molecule has 1 aliphatic heterocycles. The van der Waals surface area contributed by atoms with Crippen LogP contribution < -0.4 is 0 Å². The molecule has 0 saturated carbocycles. The van der Waals surface area contributed by atoms with Crippen LogP contribution in [0.1, 0.15) is 17.8 Å². The van der Waals surface area contributed by atoms with Gasteiger partial charge >= 0.3 is 10.2 Å². The minimum atomic E-state index is -4.65. The second-order valence-electron chi connectivity index (χ2n) is 4.48. The Morgan fingerprint density at radius 3 is 2.67 bits per heavy atom. The lowest BCUT2D eigenvalue weighted by Crippen LogP contribution is -2.27. The third kappa shape index (κ3) is 2.53. The lowest BCUT2D eigenvalue weighted by molar-refractivity contribution is -0.128. The normalized spacial score (nSPS) is 20.7. The van der Waals surface area contributed by atoms with Crippen LogP contribution in [0.15, 0.2) is 6.07 Å². The first-order valence-electron chi connectivity index (χ1n) is 5.48. The molecule has 0 aromatic carbocycles. The largest absolute Gasteiger partial charge is 0.335 e. The highest BCUT2D eigenvalue weighted by molar-refractivity contribution is 7.87. The van der Waals surface area contributed by atoms with Crippen LogP contribution in [0.3, 0.4) is 0 Å². The van der Waals surface area contributed by atoms with Crippen LogP contribution >= 0.6 is 0 Å². The van der Waals surface area contributed by atoms with Gasteiger partial charge in [-0.1, -0.05) is 0 Å². The quantitative estimate of drug-likeness (QED) is 0.735. The first-order valence-corrected chi connectivity index (χ1v) is 6.93. The Bertz CT molecular complexity index is 562. The van der Waals surface area contributed by atoms with Crippen LogP contribution in [0, 0.1) is 6.92 Å². The van der Waals surface area contributed by atoms with Crippen LogP contribution in [0.4, 0.5) is 3.89 Å². The van der Waals surface area contributed by atoms with Crippen LogP contribution in [0.2, 0.25) is 0 Å². The van der Waals surface area contributed by atoms with Crippen molar-refractivity contribution in [3.05, 3.63) is 17.5 Å². The van der Waals surface area contributed by atoms with Crippen molar-refractivity contribution in [3.8, 4) is 0 Å². The smallest absolute Gasteiger partial charge is 0.307 e. The molecule has 0 aliphatic carbocycles. The molecule has 8 heteroatoms. The molecule has 0 bridgehead atoms. The first-order chi connectivity index (χ1) is 8.27. The molecular formula is C10H14FN3O3S. The number of aromatic nitrogens is 2. The average molecular weight is 275 g/mol. The van der Waals surface area contributed by atoms with E-state index in [1.54, 1.807) is 11.7 Å². The van der Waals surface area contributed by atoms with Crippen molar-refractivity contribution >= 4 is 16.1 Å². The zero-order chi connectivity index (χ0) is 13.5. The molecule has 1 aromatic rings. The Labute approximate surface area is 105 Å². The fourth-order valence-corrected chi connectivity index (χ4v) is 2.68. The molecule has 2 rings (SSSR count). The van der Waals surface area contributed by atoms with Gasteiger partial charge in [-0.2, -0.15) is 13.5 Å². The van der Waals surface area contributed by atoms with Gasteiger partial charge in [-0.05, 0) is 13.0 Å². The van der Waals surface area contributed by atoms with Gasteiger partial charge in [0.25, 0.3) is 0 Å². The molecule has 100 valence electrons. The first kappa shape index (κ1) is 13.0. The summed E-state index contributed by atoms with van der Waals surface area (Å²) < 4.78 is 36.0. The van der Waals surface area contributed by atoms with Crippen LogP contribution in [-0.4, -0.2) is 40.8 Å². The maximum Gasteiger partial charge on any atom is 0.307 e. The van der Waals surface area contributed by atoms with E-state index >= 15 is 0 Å². The predicted octanol–water partition coefficient (Wildman–Crippen LogP) is 0.129. The molecular weight excluding hydrogens is 261 g/mol. The molecule has 2 heterocycles. The van der Waals surface area contributed by atoms with E-state index in [9.17, 15) is 17.1 Å². The average Bonchev–Trinajstić information content (AvgIpc) is 2.72. The second kappa shape index (κ2) is 4.34. The van der Waals surface area contributed by atoms with E-state index in [4.69, 9.17) is 0 Å². The van der Waals surface area contributed by atoms with Gasteiger partial charge in [0.1, 0.15) is 5.25 Å². The topological polar surface area (TPSA) is 72.3 Å². The van der Waals surface area contributed by atoms with Gasteiger partial charge in [0, 0.05) is 25.7 Å². The monoisotopic (exact) mass is 275 g/mol. The second-order valence-corrected chi connectivity index (χ2v) is 6.09. The number of likely N-dealkylation sites (tertiary alicyclic amines) is 1. The number of rotatable bonds is 3. The standard InChI is InChI=1S/C10H14FN3O3S/c1-7-3-8(12-13(7)2)5-14-6-9(4-10(14)15)18(11,16)17/h3,9H,4-6H2,1-2H3.